The zero-order chi connectivity index (χ0) is 21.2. The van der Waals surface area contributed by atoms with Crippen molar-refractivity contribution in [1.82, 2.24) is 4.57 Å². The fourth-order valence-corrected chi connectivity index (χ4v) is 5.06. The first-order chi connectivity index (χ1) is 15.2. The average molecular weight is 410 g/mol. The number of carbonyl (C=O) groups is 1. The van der Waals surface area contributed by atoms with Crippen LogP contribution in [0, 0.1) is 5.92 Å². The minimum absolute atomic E-state index is 0.178. The van der Waals surface area contributed by atoms with E-state index in [1.54, 1.807) is 6.20 Å². The van der Waals surface area contributed by atoms with E-state index in [2.05, 4.69) is 4.57 Å². The first-order valence-electron chi connectivity index (χ1n) is 11.4. The molecular formula is C28H27NO2. The molecule has 0 unspecified atom stereocenters. The van der Waals surface area contributed by atoms with Gasteiger partial charge >= 0.3 is 0 Å². The summed E-state index contributed by atoms with van der Waals surface area (Å²) in [4.78, 5) is 26.9. The Morgan fingerprint density at radius 1 is 0.806 bits per heavy atom. The monoisotopic (exact) mass is 409 g/mol. The summed E-state index contributed by atoms with van der Waals surface area (Å²) < 4.78 is 2.13. The van der Waals surface area contributed by atoms with Crippen LogP contribution < -0.4 is 5.43 Å². The predicted molar refractivity (Wildman–Crippen MR) is 127 cm³/mol. The Labute approximate surface area is 182 Å². The second-order valence-corrected chi connectivity index (χ2v) is 8.73. The van der Waals surface area contributed by atoms with E-state index >= 15 is 0 Å². The van der Waals surface area contributed by atoms with Crippen LogP contribution in [0.3, 0.4) is 0 Å². The van der Waals surface area contributed by atoms with Crippen LogP contribution in [0.1, 0.15) is 54.4 Å². The predicted octanol–water partition coefficient (Wildman–Crippen LogP) is 6.36. The number of benzene rings is 3. The van der Waals surface area contributed by atoms with Gasteiger partial charge in [-0.05, 0) is 35.2 Å². The third kappa shape index (κ3) is 3.81. The quantitative estimate of drug-likeness (QED) is 0.360. The second kappa shape index (κ2) is 8.50. The van der Waals surface area contributed by atoms with Gasteiger partial charge in [0.15, 0.2) is 5.78 Å². The molecular weight excluding hydrogens is 382 g/mol. The Balaban J connectivity index is 1.59. The third-order valence-electron chi connectivity index (χ3n) is 6.77. The molecule has 3 nitrogen and oxygen atoms in total. The molecule has 31 heavy (non-hydrogen) atoms. The minimum atomic E-state index is -0.195. The van der Waals surface area contributed by atoms with Crippen molar-refractivity contribution >= 4 is 27.5 Å². The summed E-state index contributed by atoms with van der Waals surface area (Å²) in [6, 6.07) is 21.2. The van der Waals surface area contributed by atoms with Crippen molar-refractivity contribution in [3.8, 4) is 0 Å². The number of para-hydroxylation sites is 1. The number of hydrogen-bond acceptors (Lipinski definition) is 2. The van der Waals surface area contributed by atoms with E-state index in [0.717, 1.165) is 35.2 Å². The SMILES string of the molecule is O=C(c1cn(CCC2CCCCC2)c2ccccc2c1=O)c1cccc2ccccc12. The van der Waals surface area contributed by atoms with E-state index in [0.29, 0.717) is 10.9 Å². The Morgan fingerprint density at radius 3 is 2.35 bits per heavy atom. The first-order valence-corrected chi connectivity index (χ1v) is 11.4. The fourth-order valence-electron chi connectivity index (χ4n) is 5.06. The van der Waals surface area contributed by atoms with Gasteiger partial charge in [0.25, 0.3) is 0 Å². The molecule has 156 valence electrons. The number of pyridine rings is 1. The molecule has 1 fully saturated rings. The molecule has 1 heterocycles. The van der Waals surface area contributed by atoms with Crippen molar-refractivity contribution in [1.29, 1.82) is 0 Å². The molecule has 0 amide bonds. The van der Waals surface area contributed by atoms with Crippen LogP contribution in [-0.4, -0.2) is 10.4 Å². The second-order valence-electron chi connectivity index (χ2n) is 8.73. The number of aromatic nitrogens is 1. The highest BCUT2D eigenvalue weighted by molar-refractivity contribution is 6.17. The first kappa shape index (κ1) is 19.7. The van der Waals surface area contributed by atoms with Gasteiger partial charge in [0, 0.05) is 23.7 Å². The molecule has 1 aliphatic rings. The maximum absolute atomic E-state index is 13.6. The van der Waals surface area contributed by atoms with E-state index in [-0.39, 0.29) is 16.8 Å². The lowest BCUT2D eigenvalue weighted by atomic mass is 9.87. The van der Waals surface area contributed by atoms with Crippen molar-refractivity contribution in [3.63, 3.8) is 0 Å². The molecule has 0 saturated heterocycles. The highest BCUT2D eigenvalue weighted by atomic mass is 16.1. The number of aryl methyl sites for hydroxylation is 1. The number of carbonyl (C=O) groups excluding carboxylic acids is 1. The van der Waals surface area contributed by atoms with E-state index in [1.165, 1.54) is 32.1 Å². The van der Waals surface area contributed by atoms with Crippen LogP contribution in [0.5, 0.6) is 0 Å². The molecule has 1 aliphatic carbocycles. The molecule has 0 radical (unpaired) electrons. The summed E-state index contributed by atoms with van der Waals surface area (Å²) in [6.07, 6.45) is 9.47. The molecule has 1 aromatic heterocycles. The lowest BCUT2D eigenvalue weighted by Crippen LogP contribution is -2.21. The van der Waals surface area contributed by atoms with Gasteiger partial charge in [-0.2, -0.15) is 0 Å². The standard InChI is InChI=1S/C28H27NO2/c30-27(23-15-8-12-21-11-4-5-13-22(21)23)25-19-29(18-17-20-9-2-1-3-10-20)26-16-7-6-14-24(26)28(25)31/h4-8,11-16,19-20H,1-3,9-10,17-18H2. The summed E-state index contributed by atoms with van der Waals surface area (Å²) >= 11 is 0. The van der Waals surface area contributed by atoms with Gasteiger partial charge in [0.2, 0.25) is 5.43 Å². The number of hydrogen-bond donors (Lipinski definition) is 0. The molecule has 0 bridgehead atoms. The van der Waals surface area contributed by atoms with Crippen LogP contribution in [0.25, 0.3) is 21.7 Å². The molecule has 0 spiro atoms. The molecule has 1 saturated carbocycles. The molecule has 0 atom stereocenters. The highest BCUT2D eigenvalue weighted by Crippen LogP contribution is 2.27. The number of rotatable bonds is 5. The molecule has 4 aromatic rings. The fraction of sp³-hybridized carbons (Fsp3) is 0.286. The molecule has 3 heteroatoms. The van der Waals surface area contributed by atoms with Crippen LogP contribution in [0.4, 0.5) is 0 Å². The lowest BCUT2D eigenvalue weighted by molar-refractivity contribution is 0.103. The van der Waals surface area contributed by atoms with Gasteiger partial charge in [-0.1, -0.05) is 86.7 Å². The number of ketones is 1. The largest absolute Gasteiger partial charge is 0.346 e. The summed E-state index contributed by atoms with van der Waals surface area (Å²) in [5.41, 5.74) is 1.59. The van der Waals surface area contributed by atoms with E-state index in [1.807, 2.05) is 66.7 Å². The Hall–Kier alpha value is -3.20. The van der Waals surface area contributed by atoms with E-state index in [4.69, 9.17) is 0 Å². The molecule has 0 aliphatic heterocycles. The maximum Gasteiger partial charge on any atom is 0.200 e. The Kier molecular flexibility index (Phi) is 5.42. The lowest BCUT2D eigenvalue weighted by Gasteiger charge is -2.22. The summed E-state index contributed by atoms with van der Waals surface area (Å²) in [7, 11) is 0. The number of fused-ring (bicyclic) bond motifs is 2. The van der Waals surface area contributed by atoms with Gasteiger partial charge in [-0.3, -0.25) is 9.59 Å². The highest BCUT2D eigenvalue weighted by Gasteiger charge is 2.20. The Bertz CT molecular complexity index is 1310. The molecule has 0 N–H and O–H groups in total. The van der Waals surface area contributed by atoms with Crippen LogP contribution >= 0.6 is 0 Å². The average Bonchev–Trinajstić information content (AvgIpc) is 2.83. The van der Waals surface area contributed by atoms with Crippen molar-refractivity contribution in [2.75, 3.05) is 0 Å². The minimum Gasteiger partial charge on any atom is -0.346 e. The zero-order valence-electron chi connectivity index (χ0n) is 17.7. The van der Waals surface area contributed by atoms with Crippen LogP contribution in [0.2, 0.25) is 0 Å². The Morgan fingerprint density at radius 2 is 1.52 bits per heavy atom. The summed E-state index contributed by atoms with van der Waals surface area (Å²) in [5.74, 6) is 0.545. The topological polar surface area (TPSA) is 39.1 Å². The van der Waals surface area contributed by atoms with Gasteiger partial charge in [0.1, 0.15) is 0 Å². The third-order valence-corrected chi connectivity index (χ3v) is 6.77. The van der Waals surface area contributed by atoms with Gasteiger partial charge in [-0.15, -0.1) is 0 Å². The van der Waals surface area contributed by atoms with Gasteiger partial charge < -0.3 is 4.57 Å². The molecule has 3 aromatic carbocycles. The summed E-state index contributed by atoms with van der Waals surface area (Å²) in [6.45, 7) is 0.835. The van der Waals surface area contributed by atoms with Gasteiger partial charge in [-0.25, -0.2) is 0 Å². The smallest absolute Gasteiger partial charge is 0.200 e. The van der Waals surface area contributed by atoms with E-state index in [9.17, 15) is 9.59 Å². The van der Waals surface area contributed by atoms with Crippen molar-refractivity contribution in [2.24, 2.45) is 5.92 Å². The normalized spacial score (nSPS) is 14.8. The molecule has 5 rings (SSSR count). The van der Waals surface area contributed by atoms with Crippen LogP contribution in [-0.2, 0) is 6.54 Å². The zero-order valence-corrected chi connectivity index (χ0v) is 17.7. The summed E-state index contributed by atoms with van der Waals surface area (Å²) in [5, 5.41) is 2.51. The van der Waals surface area contributed by atoms with Gasteiger partial charge in [0.05, 0.1) is 11.1 Å². The van der Waals surface area contributed by atoms with Crippen molar-refractivity contribution < 1.29 is 4.79 Å². The van der Waals surface area contributed by atoms with Crippen molar-refractivity contribution in [3.05, 3.63) is 94.3 Å². The van der Waals surface area contributed by atoms with E-state index < -0.39 is 0 Å². The number of nitrogens with zero attached hydrogens (tertiary/aromatic N) is 1. The van der Waals surface area contributed by atoms with Crippen molar-refractivity contribution in [2.45, 2.75) is 45.1 Å². The maximum atomic E-state index is 13.6. The van der Waals surface area contributed by atoms with Crippen LogP contribution in [0.15, 0.2) is 77.7 Å².